The molecule has 31 heavy (non-hydrogen) atoms. The summed E-state index contributed by atoms with van der Waals surface area (Å²) >= 11 is 5.19. The van der Waals surface area contributed by atoms with Gasteiger partial charge < -0.3 is 9.67 Å². The summed E-state index contributed by atoms with van der Waals surface area (Å²) in [5, 5.41) is 11.5. The van der Waals surface area contributed by atoms with Gasteiger partial charge in [0, 0.05) is 17.6 Å². The summed E-state index contributed by atoms with van der Waals surface area (Å²) in [5.41, 5.74) is 2.99. The topological polar surface area (TPSA) is 91.6 Å². The van der Waals surface area contributed by atoms with Gasteiger partial charge >= 0.3 is 5.97 Å². The number of rotatable bonds is 4. The second-order valence-electron chi connectivity index (χ2n) is 6.90. The maximum absolute atomic E-state index is 13.2. The Kier molecular flexibility index (Phi) is 5.22. The summed E-state index contributed by atoms with van der Waals surface area (Å²) in [4.78, 5) is 38.0. The number of para-hydroxylation sites is 1. The number of aryl methyl sites for hydroxylation is 1. The SMILES string of the molecule is Cc1ccccc1-n1cccc1/C=C1\C(=O)NC(=S)N(c2ccc(C(=O)O)cc2)C1=O. The molecule has 7 nitrogen and oxygen atoms in total. The first-order valence-electron chi connectivity index (χ1n) is 9.35. The quantitative estimate of drug-likeness (QED) is 0.376. The van der Waals surface area contributed by atoms with Gasteiger partial charge in [-0.2, -0.15) is 0 Å². The van der Waals surface area contributed by atoms with Gasteiger partial charge in [-0.05, 0) is 73.2 Å². The predicted octanol–water partition coefficient (Wildman–Crippen LogP) is 3.32. The van der Waals surface area contributed by atoms with E-state index in [2.05, 4.69) is 5.32 Å². The molecule has 2 heterocycles. The first-order chi connectivity index (χ1) is 14.9. The Bertz CT molecular complexity index is 1260. The van der Waals surface area contributed by atoms with Crippen molar-refractivity contribution in [3.05, 3.63) is 89.3 Å². The molecule has 1 aliphatic rings. The van der Waals surface area contributed by atoms with E-state index in [-0.39, 0.29) is 16.2 Å². The zero-order chi connectivity index (χ0) is 22.1. The largest absolute Gasteiger partial charge is 0.478 e. The average Bonchev–Trinajstić information content (AvgIpc) is 3.19. The second kappa shape index (κ2) is 8.00. The normalized spacial score (nSPS) is 15.3. The second-order valence-corrected chi connectivity index (χ2v) is 7.29. The van der Waals surface area contributed by atoms with E-state index in [9.17, 15) is 14.4 Å². The van der Waals surface area contributed by atoms with Crippen LogP contribution in [0.2, 0.25) is 0 Å². The number of nitrogens with zero attached hydrogens (tertiary/aromatic N) is 2. The summed E-state index contributed by atoms with van der Waals surface area (Å²) in [7, 11) is 0. The predicted molar refractivity (Wildman–Crippen MR) is 120 cm³/mol. The smallest absolute Gasteiger partial charge is 0.335 e. The molecular formula is C23H17N3O4S. The zero-order valence-corrected chi connectivity index (χ0v) is 17.2. The summed E-state index contributed by atoms with van der Waals surface area (Å²) < 4.78 is 1.89. The van der Waals surface area contributed by atoms with Crippen molar-refractivity contribution in [2.75, 3.05) is 4.90 Å². The Morgan fingerprint density at radius 2 is 1.74 bits per heavy atom. The van der Waals surface area contributed by atoms with Crippen molar-refractivity contribution in [1.82, 2.24) is 9.88 Å². The number of carboxylic acid groups (broad SMARTS) is 1. The highest BCUT2D eigenvalue weighted by atomic mass is 32.1. The lowest BCUT2D eigenvalue weighted by atomic mass is 10.1. The van der Waals surface area contributed by atoms with Crippen LogP contribution in [-0.4, -0.2) is 32.6 Å². The highest BCUT2D eigenvalue weighted by Gasteiger charge is 2.34. The monoisotopic (exact) mass is 431 g/mol. The molecule has 2 N–H and O–H groups in total. The van der Waals surface area contributed by atoms with Crippen molar-refractivity contribution in [3.8, 4) is 5.69 Å². The molecule has 0 aliphatic carbocycles. The first kappa shape index (κ1) is 20.2. The third kappa shape index (κ3) is 3.76. The molecule has 2 aromatic carbocycles. The minimum atomic E-state index is -1.08. The molecule has 0 radical (unpaired) electrons. The molecular weight excluding hydrogens is 414 g/mol. The lowest BCUT2D eigenvalue weighted by molar-refractivity contribution is -0.122. The maximum atomic E-state index is 13.2. The Labute approximate surface area is 183 Å². The van der Waals surface area contributed by atoms with E-state index in [1.807, 2.05) is 48.0 Å². The Morgan fingerprint density at radius 3 is 2.42 bits per heavy atom. The van der Waals surface area contributed by atoms with E-state index in [0.717, 1.165) is 11.3 Å². The van der Waals surface area contributed by atoms with Gasteiger partial charge in [0.15, 0.2) is 5.11 Å². The van der Waals surface area contributed by atoms with E-state index >= 15 is 0 Å². The highest BCUT2D eigenvalue weighted by Crippen LogP contribution is 2.24. The minimum Gasteiger partial charge on any atom is -0.478 e. The molecule has 0 unspecified atom stereocenters. The Morgan fingerprint density at radius 1 is 1.03 bits per heavy atom. The molecule has 0 saturated carbocycles. The van der Waals surface area contributed by atoms with E-state index in [1.54, 1.807) is 6.07 Å². The molecule has 1 saturated heterocycles. The summed E-state index contributed by atoms with van der Waals surface area (Å²) in [6.45, 7) is 1.98. The molecule has 1 aromatic heterocycles. The van der Waals surface area contributed by atoms with Gasteiger partial charge in [-0.25, -0.2) is 4.79 Å². The number of aromatic carboxylic acids is 1. The molecule has 8 heteroatoms. The lowest BCUT2D eigenvalue weighted by Crippen LogP contribution is -2.54. The molecule has 3 aromatic rings. The van der Waals surface area contributed by atoms with Crippen LogP contribution in [0, 0.1) is 6.92 Å². The number of hydrogen-bond acceptors (Lipinski definition) is 4. The van der Waals surface area contributed by atoms with Gasteiger partial charge in [-0.1, -0.05) is 18.2 Å². The van der Waals surface area contributed by atoms with Gasteiger partial charge in [-0.15, -0.1) is 0 Å². The van der Waals surface area contributed by atoms with Crippen molar-refractivity contribution < 1.29 is 19.5 Å². The third-order valence-electron chi connectivity index (χ3n) is 4.92. The standard InChI is InChI=1S/C23H17N3O4S/c1-14-5-2-3-7-19(14)25-12-4-6-17(25)13-18-20(27)24-23(31)26(21(18)28)16-10-8-15(9-11-16)22(29)30/h2-13H,1H3,(H,29,30)(H,24,27,31)/b18-13+. The van der Waals surface area contributed by atoms with Crippen LogP contribution in [0.3, 0.4) is 0 Å². The van der Waals surface area contributed by atoms with E-state index in [0.29, 0.717) is 11.4 Å². The first-order valence-corrected chi connectivity index (χ1v) is 9.76. The number of anilines is 1. The van der Waals surface area contributed by atoms with Crippen LogP contribution in [-0.2, 0) is 9.59 Å². The molecule has 0 atom stereocenters. The van der Waals surface area contributed by atoms with E-state index in [4.69, 9.17) is 17.3 Å². The van der Waals surface area contributed by atoms with Gasteiger partial charge in [-0.3, -0.25) is 19.8 Å². The maximum Gasteiger partial charge on any atom is 0.335 e. The van der Waals surface area contributed by atoms with Crippen molar-refractivity contribution >= 4 is 46.9 Å². The molecule has 4 rings (SSSR count). The van der Waals surface area contributed by atoms with Crippen molar-refractivity contribution in [3.63, 3.8) is 0 Å². The van der Waals surface area contributed by atoms with Crippen molar-refractivity contribution in [2.45, 2.75) is 6.92 Å². The number of amides is 2. The molecule has 154 valence electrons. The molecule has 1 fully saturated rings. The average molecular weight is 431 g/mol. The number of benzene rings is 2. The van der Waals surface area contributed by atoms with Gasteiger partial charge in [0.1, 0.15) is 5.57 Å². The van der Waals surface area contributed by atoms with Crippen LogP contribution in [0.15, 0.2) is 72.4 Å². The molecule has 1 aliphatic heterocycles. The highest BCUT2D eigenvalue weighted by molar-refractivity contribution is 7.80. The van der Waals surface area contributed by atoms with Crippen molar-refractivity contribution in [2.24, 2.45) is 0 Å². The molecule has 2 amide bonds. The number of carbonyl (C=O) groups is 3. The van der Waals surface area contributed by atoms with Gasteiger partial charge in [0.2, 0.25) is 0 Å². The number of carboxylic acids is 1. The fourth-order valence-electron chi connectivity index (χ4n) is 3.36. The fraction of sp³-hybridized carbons (Fsp3) is 0.0435. The number of hydrogen-bond donors (Lipinski definition) is 2. The number of nitrogens with one attached hydrogen (secondary N) is 1. The summed E-state index contributed by atoms with van der Waals surface area (Å²) in [6, 6.07) is 17.1. The van der Waals surface area contributed by atoms with Crippen LogP contribution in [0.1, 0.15) is 21.6 Å². The van der Waals surface area contributed by atoms with Gasteiger partial charge in [0.25, 0.3) is 11.8 Å². The Hall–Kier alpha value is -4.04. The molecule has 0 spiro atoms. The van der Waals surface area contributed by atoms with Crippen LogP contribution in [0.4, 0.5) is 5.69 Å². The summed E-state index contributed by atoms with van der Waals surface area (Å²) in [5.74, 6) is -2.26. The van der Waals surface area contributed by atoms with Gasteiger partial charge in [0.05, 0.1) is 11.3 Å². The summed E-state index contributed by atoms with van der Waals surface area (Å²) in [6.07, 6.45) is 3.37. The Balaban J connectivity index is 1.73. The fourth-order valence-corrected chi connectivity index (χ4v) is 3.64. The van der Waals surface area contributed by atoms with Crippen LogP contribution >= 0.6 is 12.2 Å². The van der Waals surface area contributed by atoms with Crippen molar-refractivity contribution in [1.29, 1.82) is 0 Å². The third-order valence-corrected chi connectivity index (χ3v) is 5.21. The number of carbonyl (C=O) groups excluding carboxylic acids is 2. The number of aromatic nitrogens is 1. The van der Waals surface area contributed by atoms with Crippen LogP contribution in [0.5, 0.6) is 0 Å². The van der Waals surface area contributed by atoms with E-state index < -0.39 is 17.8 Å². The minimum absolute atomic E-state index is 0.0653. The lowest BCUT2D eigenvalue weighted by Gasteiger charge is -2.29. The molecule has 0 bridgehead atoms. The van der Waals surface area contributed by atoms with E-state index in [1.165, 1.54) is 35.2 Å². The number of thiocarbonyl (C=S) groups is 1. The zero-order valence-electron chi connectivity index (χ0n) is 16.4. The van der Waals surface area contributed by atoms with Crippen LogP contribution in [0.25, 0.3) is 11.8 Å². The van der Waals surface area contributed by atoms with Crippen LogP contribution < -0.4 is 10.2 Å².